The zero-order chi connectivity index (χ0) is 6.85. The van der Waals surface area contributed by atoms with E-state index < -0.39 is 0 Å². The first-order valence-electron chi connectivity index (χ1n) is 3.51. The van der Waals surface area contributed by atoms with Crippen LogP contribution >= 0.6 is 0 Å². The van der Waals surface area contributed by atoms with Crippen molar-refractivity contribution in [3.63, 3.8) is 0 Å². The average molecular weight is 127 g/mol. The van der Waals surface area contributed by atoms with E-state index in [4.69, 9.17) is 5.73 Å². The maximum Gasteiger partial charge on any atom is 0.220 e. The Kier molecular flexibility index (Phi) is 1.74. The van der Waals surface area contributed by atoms with Crippen molar-refractivity contribution < 1.29 is 4.79 Å². The Labute approximate surface area is 55.4 Å². The van der Waals surface area contributed by atoms with E-state index in [9.17, 15) is 4.79 Å². The van der Waals surface area contributed by atoms with Crippen molar-refractivity contribution in [3.05, 3.63) is 0 Å². The van der Waals surface area contributed by atoms with E-state index in [1.807, 2.05) is 0 Å². The van der Waals surface area contributed by atoms with Gasteiger partial charge in [-0.2, -0.15) is 0 Å². The standard InChI is InChI=1S/C7H13NO/c1-5-3-2-4-6(5)7(8)9/h5-6H,2-4H2,1H3,(H2,8,9)/t5-,6-/m1/s1. The Morgan fingerprint density at radius 3 is 2.44 bits per heavy atom. The summed E-state index contributed by atoms with van der Waals surface area (Å²) in [5, 5.41) is 0. The van der Waals surface area contributed by atoms with Crippen LogP contribution in [0.15, 0.2) is 0 Å². The van der Waals surface area contributed by atoms with Crippen LogP contribution in [0.2, 0.25) is 0 Å². The molecule has 0 bridgehead atoms. The zero-order valence-corrected chi connectivity index (χ0v) is 5.76. The van der Waals surface area contributed by atoms with Gasteiger partial charge >= 0.3 is 0 Å². The largest absolute Gasteiger partial charge is 0.369 e. The summed E-state index contributed by atoms with van der Waals surface area (Å²) in [7, 11) is 0. The summed E-state index contributed by atoms with van der Waals surface area (Å²) in [6.07, 6.45) is 3.36. The lowest BCUT2D eigenvalue weighted by molar-refractivity contribution is -0.122. The minimum atomic E-state index is -0.111. The summed E-state index contributed by atoms with van der Waals surface area (Å²) >= 11 is 0. The number of carbonyl (C=O) groups is 1. The second kappa shape index (κ2) is 2.38. The molecule has 0 saturated heterocycles. The van der Waals surface area contributed by atoms with Crippen molar-refractivity contribution in [2.45, 2.75) is 26.2 Å². The highest BCUT2D eigenvalue weighted by atomic mass is 16.1. The predicted molar refractivity (Wildman–Crippen MR) is 35.7 cm³/mol. The van der Waals surface area contributed by atoms with Gasteiger partial charge in [-0.1, -0.05) is 13.3 Å². The van der Waals surface area contributed by atoms with Gasteiger partial charge in [0.15, 0.2) is 0 Å². The van der Waals surface area contributed by atoms with Gasteiger partial charge in [-0.15, -0.1) is 0 Å². The number of carbonyl (C=O) groups excluding carboxylic acids is 1. The first-order chi connectivity index (χ1) is 4.22. The van der Waals surface area contributed by atoms with E-state index in [-0.39, 0.29) is 11.8 Å². The van der Waals surface area contributed by atoms with Crippen LogP contribution in [0, 0.1) is 11.8 Å². The van der Waals surface area contributed by atoms with Crippen molar-refractivity contribution >= 4 is 5.91 Å². The molecule has 2 atom stereocenters. The van der Waals surface area contributed by atoms with Crippen LogP contribution in [0.4, 0.5) is 0 Å². The molecule has 1 fully saturated rings. The lowest BCUT2D eigenvalue weighted by atomic mass is 9.98. The van der Waals surface area contributed by atoms with Crippen molar-refractivity contribution in [2.24, 2.45) is 17.6 Å². The van der Waals surface area contributed by atoms with Gasteiger partial charge in [-0.3, -0.25) is 4.79 Å². The zero-order valence-electron chi connectivity index (χ0n) is 5.76. The summed E-state index contributed by atoms with van der Waals surface area (Å²) in [6, 6.07) is 0. The van der Waals surface area contributed by atoms with E-state index >= 15 is 0 Å². The highest BCUT2D eigenvalue weighted by Gasteiger charge is 2.27. The summed E-state index contributed by atoms with van der Waals surface area (Å²) < 4.78 is 0. The monoisotopic (exact) mass is 127 g/mol. The quantitative estimate of drug-likeness (QED) is 0.559. The molecule has 0 heterocycles. The second-order valence-corrected chi connectivity index (χ2v) is 2.92. The summed E-state index contributed by atoms with van der Waals surface area (Å²) in [4.78, 5) is 10.6. The van der Waals surface area contributed by atoms with Crippen LogP contribution in [0.3, 0.4) is 0 Å². The van der Waals surface area contributed by atoms with E-state index in [0.29, 0.717) is 5.92 Å². The van der Waals surface area contributed by atoms with Gasteiger partial charge in [-0.05, 0) is 18.8 Å². The summed E-state index contributed by atoms with van der Waals surface area (Å²) in [6.45, 7) is 2.10. The van der Waals surface area contributed by atoms with Gasteiger partial charge in [0, 0.05) is 5.92 Å². The molecule has 2 N–H and O–H groups in total. The number of hydrogen-bond donors (Lipinski definition) is 1. The summed E-state index contributed by atoms with van der Waals surface area (Å²) in [5.41, 5.74) is 5.15. The Morgan fingerprint density at radius 1 is 1.56 bits per heavy atom. The maximum absolute atomic E-state index is 10.6. The molecule has 1 aliphatic carbocycles. The van der Waals surface area contributed by atoms with Crippen LogP contribution in [-0.2, 0) is 4.79 Å². The Hall–Kier alpha value is -0.530. The Bertz CT molecular complexity index is 122. The Balaban J connectivity index is 2.49. The number of primary amides is 1. The van der Waals surface area contributed by atoms with Crippen LogP contribution in [0.5, 0.6) is 0 Å². The lowest BCUT2D eigenvalue weighted by Crippen LogP contribution is -2.24. The molecule has 2 heteroatoms. The van der Waals surface area contributed by atoms with E-state index in [0.717, 1.165) is 6.42 Å². The number of hydrogen-bond acceptors (Lipinski definition) is 1. The van der Waals surface area contributed by atoms with Gasteiger partial charge < -0.3 is 5.73 Å². The molecule has 0 aromatic heterocycles. The fourth-order valence-corrected chi connectivity index (χ4v) is 1.57. The molecular formula is C7H13NO. The molecule has 0 radical (unpaired) electrons. The Morgan fingerprint density at radius 2 is 2.22 bits per heavy atom. The number of amides is 1. The van der Waals surface area contributed by atoms with Gasteiger partial charge in [-0.25, -0.2) is 0 Å². The molecule has 0 aromatic rings. The SMILES string of the molecule is C[C@@H]1CCC[C@H]1C(N)=O. The first kappa shape index (κ1) is 6.59. The molecule has 9 heavy (non-hydrogen) atoms. The molecule has 2 nitrogen and oxygen atoms in total. The third-order valence-corrected chi connectivity index (χ3v) is 2.23. The third-order valence-electron chi connectivity index (χ3n) is 2.23. The average Bonchev–Trinajstić information content (AvgIpc) is 2.13. The second-order valence-electron chi connectivity index (χ2n) is 2.92. The molecule has 1 saturated carbocycles. The summed E-state index contributed by atoms with van der Waals surface area (Å²) in [5.74, 6) is 0.590. The molecule has 0 aliphatic heterocycles. The molecule has 1 rings (SSSR count). The molecule has 0 spiro atoms. The van der Waals surface area contributed by atoms with Crippen molar-refractivity contribution in [3.8, 4) is 0 Å². The lowest BCUT2D eigenvalue weighted by Gasteiger charge is -2.08. The molecule has 1 aliphatic rings. The minimum absolute atomic E-state index is 0.111. The highest BCUT2D eigenvalue weighted by molar-refractivity contribution is 5.77. The molecule has 1 amide bonds. The molecular weight excluding hydrogens is 114 g/mol. The minimum Gasteiger partial charge on any atom is -0.369 e. The molecule has 52 valence electrons. The number of rotatable bonds is 1. The number of nitrogens with two attached hydrogens (primary N) is 1. The van der Waals surface area contributed by atoms with Crippen LogP contribution in [0.1, 0.15) is 26.2 Å². The third kappa shape index (κ3) is 1.23. The molecule has 0 unspecified atom stereocenters. The fourth-order valence-electron chi connectivity index (χ4n) is 1.57. The van der Waals surface area contributed by atoms with Crippen LogP contribution in [-0.4, -0.2) is 5.91 Å². The first-order valence-corrected chi connectivity index (χ1v) is 3.51. The van der Waals surface area contributed by atoms with Crippen LogP contribution < -0.4 is 5.73 Å². The normalized spacial score (nSPS) is 34.8. The van der Waals surface area contributed by atoms with E-state index in [2.05, 4.69) is 6.92 Å². The van der Waals surface area contributed by atoms with E-state index in [1.54, 1.807) is 0 Å². The van der Waals surface area contributed by atoms with Gasteiger partial charge in [0.05, 0.1) is 0 Å². The maximum atomic E-state index is 10.6. The van der Waals surface area contributed by atoms with Gasteiger partial charge in [0.2, 0.25) is 5.91 Å². The fraction of sp³-hybridized carbons (Fsp3) is 0.857. The topological polar surface area (TPSA) is 43.1 Å². The van der Waals surface area contributed by atoms with Gasteiger partial charge in [0.1, 0.15) is 0 Å². The van der Waals surface area contributed by atoms with Crippen LogP contribution in [0.25, 0.3) is 0 Å². The predicted octanol–water partition coefficient (Wildman–Crippen LogP) is 0.908. The van der Waals surface area contributed by atoms with E-state index in [1.165, 1.54) is 12.8 Å². The highest BCUT2D eigenvalue weighted by Crippen LogP contribution is 2.30. The van der Waals surface area contributed by atoms with Gasteiger partial charge in [0.25, 0.3) is 0 Å². The smallest absolute Gasteiger partial charge is 0.220 e. The van der Waals surface area contributed by atoms with Crippen molar-refractivity contribution in [2.75, 3.05) is 0 Å². The van der Waals surface area contributed by atoms with Crippen molar-refractivity contribution in [1.82, 2.24) is 0 Å². The van der Waals surface area contributed by atoms with Crippen molar-refractivity contribution in [1.29, 1.82) is 0 Å². The molecule has 0 aromatic carbocycles.